The molecule has 0 saturated carbocycles. The fraction of sp³-hybridized carbons (Fsp3) is 0.769. The highest BCUT2D eigenvalue weighted by Gasteiger charge is 2.38. The van der Waals surface area contributed by atoms with Crippen molar-refractivity contribution in [1.29, 1.82) is 0 Å². The van der Waals surface area contributed by atoms with Crippen LogP contribution in [0.5, 0.6) is 0 Å². The van der Waals surface area contributed by atoms with Gasteiger partial charge in [-0.3, -0.25) is 0 Å². The van der Waals surface area contributed by atoms with E-state index in [-0.39, 0.29) is 14.9 Å². The Balaban J connectivity index is -0.00000127. The molecule has 0 fully saturated rings. The van der Waals surface area contributed by atoms with Crippen LogP contribution in [0.25, 0.3) is 0 Å². The average Bonchev–Trinajstić information content (AvgIpc) is 2.54. The van der Waals surface area contributed by atoms with Gasteiger partial charge in [-0.05, 0) is 52.6 Å². The van der Waals surface area contributed by atoms with Crippen molar-refractivity contribution in [3.8, 4) is 0 Å². The second kappa shape index (κ2) is 12.6. The van der Waals surface area contributed by atoms with E-state index in [2.05, 4.69) is 86.6 Å². The number of aryl methyl sites for hydroxylation is 1. The Hall–Kier alpha value is -0.780. The van der Waals surface area contributed by atoms with Gasteiger partial charge >= 0.3 is 0 Å². The molecule has 1 aromatic rings. The molecule has 0 N–H and O–H groups in total. The third-order valence-electron chi connectivity index (χ3n) is 6.47. The van der Waals surface area contributed by atoms with Gasteiger partial charge in [-0.1, -0.05) is 115 Å². The van der Waals surface area contributed by atoms with Crippen LogP contribution in [-0.4, -0.2) is 0 Å². The summed E-state index contributed by atoms with van der Waals surface area (Å²) in [5, 5.41) is 0. The maximum absolute atomic E-state index is 2.45. The highest BCUT2D eigenvalue weighted by molar-refractivity contribution is 5.27. The second-order valence-corrected chi connectivity index (χ2v) is 8.97. The van der Waals surface area contributed by atoms with Gasteiger partial charge in [0.25, 0.3) is 0 Å². The molecule has 1 aromatic carbocycles. The predicted octanol–water partition coefficient (Wildman–Crippen LogP) is 9.39. The molecule has 0 heterocycles. The molecule has 0 aliphatic rings. The molecule has 0 nitrogen and oxygen atoms in total. The maximum atomic E-state index is 2.45. The first-order chi connectivity index (χ1) is 11.0. The van der Waals surface area contributed by atoms with Crippen molar-refractivity contribution in [2.45, 2.75) is 110 Å². The van der Waals surface area contributed by atoms with Crippen LogP contribution in [0.1, 0.15) is 114 Å². The van der Waals surface area contributed by atoms with Crippen molar-refractivity contribution in [2.24, 2.45) is 22.7 Å². The molecule has 0 aromatic heterocycles. The van der Waals surface area contributed by atoms with Crippen LogP contribution in [-0.2, 0) is 6.42 Å². The topological polar surface area (TPSA) is 0 Å². The Morgan fingerprint density at radius 2 is 1.19 bits per heavy atom. The highest BCUT2D eigenvalue weighted by atomic mass is 14.4. The van der Waals surface area contributed by atoms with Crippen LogP contribution in [0, 0.1) is 22.7 Å². The molecule has 26 heavy (non-hydrogen) atoms. The van der Waals surface area contributed by atoms with Crippen LogP contribution < -0.4 is 0 Å². The molecule has 0 bridgehead atoms. The Labute approximate surface area is 168 Å². The van der Waals surface area contributed by atoms with E-state index in [0.29, 0.717) is 28.6 Å². The number of benzene rings is 1. The zero-order valence-electron chi connectivity index (χ0n) is 18.5. The first-order valence-corrected chi connectivity index (χ1v) is 10.1. The molecule has 0 saturated heterocycles. The van der Waals surface area contributed by atoms with E-state index in [0.717, 1.165) is 6.42 Å². The van der Waals surface area contributed by atoms with Gasteiger partial charge in [-0.15, -0.1) is 0 Å². The second-order valence-electron chi connectivity index (χ2n) is 8.97. The minimum atomic E-state index is 0. The summed E-state index contributed by atoms with van der Waals surface area (Å²) in [5.41, 5.74) is 3.62. The molecule has 156 valence electrons. The summed E-state index contributed by atoms with van der Waals surface area (Å²) in [6.07, 6.45) is 2.37. The monoisotopic (exact) mass is 364 g/mol. The van der Waals surface area contributed by atoms with Crippen molar-refractivity contribution < 1.29 is 0 Å². The standard InChI is InChI=1S/C22H38.C2H6.2CH4/c1-10-18-11-13-19(14-12-18)20(22(8,9)17(4)5)15-21(6,7)16(2)3;1-2;;/h11-14,16-17,20H,10,15H2,1-9H3;1-2H3;2*1H4. The van der Waals surface area contributed by atoms with Crippen molar-refractivity contribution in [3.63, 3.8) is 0 Å². The van der Waals surface area contributed by atoms with Crippen LogP contribution in [0.4, 0.5) is 0 Å². The van der Waals surface area contributed by atoms with E-state index >= 15 is 0 Å². The van der Waals surface area contributed by atoms with Gasteiger partial charge < -0.3 is 0 Å². The Bertz CT molecular complexity index is 445. The maximum Gasteiger partial charge on any atom is -0.0103 e. The van der Waals surface area contributed by atoms with Crippen molar-refractivity contribution >= 4 is 0 Å². The molecule has 0 aliphatic carbocycles. The van der Waals surface area contributed by atoms with Crippen molar-refractivity contribution in [1.82, 2.24) is 0 Å². The number of hydrogen-bond acceptors (Lipinski definition) is 0. The first-order valence-electron chi connectivity index (χ1n) is 10.1. The summed E-state index contributed by atoms with van der Waals surface area (Å²) in [6, 6.07) is 9.40. The Morgan fingerprint density at radius 3 is 1.50 bits per heavy atom. The first kappa shape index (κ1) is 30.0. The summed E-state index contributed by atoms with van der Waals surface area (Å²) in [5.74, 6) is 1.98. The molecule has 0 amide bonds. The molecule has 0 heteroatoms. The van der Waals surface area contributed by atoms with E-state index in [1.54, 1.807) is 0 Å². The Kier molecular flexibility index (Phi) is 14.5. The molecule has 0 radical (unpaired) electrons. The number of hydrogen-bond donors (Lipinski definition) is 0. The van der Waals surface area contributed by atoms with E-state index in [9.17, 15) is 0 Å². The van der Waals surface area contributed by atoms with E-state index in [1.165, 1.54) is 17.5 Å². The van der Waals surface area contributed by atoms with Gasteiger partial charge in [0.1, 0.15) is 0 Å². The van der Waals surface area contributed by atoms with Gasteiger partial charge in [-0.2, -0.15) is 0 Å². The number of rotatable bonds is 7. The normalized spacial score (nSPS) is 12.7. The van der Waals surface area contributed by atoms with Gasteiger partial charge in [-0.25, -0.2) is 0 Å². The third-order valence-corrected chi connectivity index (χ3v) is 6.47. The Morgan fingerprint density at radius 1 is 0.769 bits per heavy atom. The largest absolute Gasteiger partial charge is 0.0776 e. The van der Waals surface area contributed by atoms with Crippen LogP contribution >= 0.6 is 0 Å². The summed E-state index contributed by atoms with van der Waals surface area (Å²) in [4.78, 5) is 0. The lowest BCUT2D eigenvalue weighted by Gasteiger charge is -2.44. The van der Waals surface area contributed by atoms with Gasteiger partial charge in [0.05, 0.1) is 0 Å². The SMILES string of the molecule is C.C.CC.CCc1ccc(C(CC(C)(C)C(C)C)C(C)(C)C(C)C)cc1. The third kappa shape index (κ3) is 7.85. The minimum Gasteiger partial charge on any atom is -0.0776 e. The van der Waals surface area contributed by atoms with E-state index in [4.69, 9.17) is 0 Å². The highest BCUT2D eigenvalue weighted by Crippen LogP contribution is 2.49. The zero-order chi connectivity index (χ0) is 19.1. The van der Waals surface area contributed by atoms with E-state index < -0.39 is 0 Å². The molecule has 0 aliphatic heterocycles. The fourth-order valence-electron chi connectivity index (χ4n) is 2.96. The molecule has 0 spiro atoms. The lowest BCUT2D eigenvalue weighted by Crippen LogP contribution is -2.33. The molecular formula is C26H52. The zero-order valence-corrected chi connectivity index (χ0v) is 18.5. The quantitative estimate of drug-likeness (QED) is 0.452. The van der Waals surface area contributed by atoms with Crippen LogP contribution in [0.2, 0.25) is 0 Å². The van der Waals surface area contributed by atoms with E-state index in [1.807, 2.05) is 13.8 Å². The minimum absolute atomic E-state index is 0. The van der Waals surface area contributed by atoms with Gasteiger partial charge in [0.2, 0.25) is 0 Å². The molecular weight excluding hydrogens is 312 g/mol. The van der Waals surface area contributed by atoms with Gasteiger partial charge in [0, 0.05) is 0 Å². The van der Waals surface area contributed by atoms with Crippen LogP contribution in [0.15, 0.2) is 24.3 Å². The van der Waals surface area contributed by atoms with Crippen molar-refractivity contribution in [3.05, 3.63) is 35.4 Å². The summed E-state index contributed by atoms with van der Waals surface area (Å²) < 4.78 is 0. The fourth-order valence-corrected chi connectivity index (χ4v) is 2.96. The average molecular weight is 365 g/mol. The lowest BCUT2D eigenvalue weighted by atomic mass is 9.61. The summed E-state index contributed by atoms with van der Waals surface area (Å²) in [7, 11) is 0. The molecule has 1 rings (SSSR count). The van der Waals surface area contributed by atoms with Crippen molar-refractivity contribution in [2.75, 3.05) is 0 Å². The summed E-state index contributed by atoms with van der Waals surface area (Å²) >= 11 is 0. The van der Waals surface area contributed by atoms with Gasteiger partial charge in [0.15, 0.2) is 0 Å². The predicted molar refractivity (Wildman–Crippen MR) is 125 cm³/mol. The lowest BCUT2D eigenvalue weighted by molar-refractivity contribution is 0.118. The molecule has 1 unspecified atom stereocenters. The summed E-state index contributed by atoms with van der Waals surface area (Å²) in [6.45, 7) is 25.5. The molecule has 1 atom stereocenters. The smallest absolute Gasteiger partial charge is 0.0103 e. The van der Waals surface area contributed by atoms with Crippen LogP contribution in [0.3, 0.4) is 0 Å².